The Morgan fingerprint density at radius 1 is 0.964 bits per heavy atom. The molecule has 28 heavy (non-hydrogen) atoms. The van der Waals surface area contributed by atoms with Gasteiger partial charge in [-0.2, -0.15) is 0 Å². The minimum Gasteiger partial charge on any atom is -0.268 e. The zero-order valence-electron chi connectivity index (χ0n) is 14.2. The minimum atomic E-state index is -0.494. The Morgan fingerprint density at radius 2 is 1.79 bits per heavy atom. The van der Waals surface area contributed by atoms with Crippen molar-refractivity contribution in [2.45, 2.75) is 10.2 Å². The topological polar surface area (TPSA) is 60.7 Å². The molecule has 0 fully saturated rings. The molecule has 0 aliphatic heterocycles. The molecule has 0 radical (unpaired) electrons. The van der Waals surface area contributed by atoms with Gasteiger partial charge in [-0.1, -0.05) is 24.3 Å². The fourth-order valence-corrected chi connectivity index (χ4v) is 4.72. The summed E-state index contributed by atoms with van der Waals surface area (Å²) in [4.78, 5) is 27.3. The van der Waals surface area contributed by atoms with Crippen molar-refractivity contribution in [3.63, 3.8) is 0 Å². The van der Waals surface area contributed by atoms with Crippen molar-refractivity contribution in [2.75, 3.05) is 0 Å². The summed E-state index contributed by atoms with van der Waals surface area (Å²) in [5, 5.41) is 4.25. The van der Waals surface area contributed by atoms with E-state index in [4.69, 9.17) is 0 Å². The Balaban J connectivity index is 1.80. The van der Waals surface area contributed by atoms with Crippen LogP contribution in [0, 0.1) is 5.82 Å². The highest BCUT2D eigenvalue weighted by atomic mass is 32.2. The van der Waals surface area contributed by atoms with Gasteiger partial charge in [0.05, 0.1) is 16.6 Å². The van der Waals surface area contributed by atoms with Crippen molar-refractivity contribution < 1.29 is 4.39 Å². The lowest BCUT2D eigenvalue weighted by molar-refractivity contribution is 0.608. The fourth-order valence-electron chi connectivity index (χ4n) is 2.96. The second-order valence-electron chi connectivity index (χ2n) is 5.92. The predicted octanol–water partition coefficient (Wildman–Crippen LogP) is 4.68. The van der Waals surface area contributed by atoms with Gasteiger partial charge in [0.25, 0.3) is 5.56 Å². The molecule has 8 heteroatoms. The lowest BCUT2D eigenvalue weighted by Crippen LogP contribution is -2.22. The predicted molar refractivity (Wildman–Crippen MR) is 109 cm³/mol. The molecule has 0 aliphatic rings. The van der Waals surface area contributed by atoms with Crippen LogP contribution in [0.25, 0.3) is 26.8 Å². The van der Waals surface area contributed by atoms with E-state index in [0.717, 1.165) is 10.2 Å². The summed E-state index contributed by atoms with van der Waals surface area (Å²) in [5.74, 6) is -0.494. The summed E-state index contributed by atoms with van der Waals surface area (Å²) in [5.41, 5.74) is 0.385. The summed E-state index contributed by atoms with van der Waals surface area (Å²) in [7, 11) is 0. The van der Waals surface area contributed by atoms with E-state index < -0.39 is 5.82 Å². The van der Waals surface area contributed by atoms with E-state index in [1.165, 1.54) is 40.1 Å². The molecule has 136 valence electrons. The molecule has 5 rings (SSSR count). The van der Waals surface area contributed by atoms with Crippen LogP contribution >= 0.6 is 23.1 Å². The van der Waals surface area contributed by atoms with E-state index in [2.05, 4.69) is 15.0 Å². The van der Waals surface area contributed by atoms with Gasteiger partial charge >= 0.3 is 0 Å². The van der Waals surface area contributed by atoms with Crippen LogP contribution in [-0.4, -0.2) is 19.5 Å². The third-order valence-corrected chi connectivity index (χ3v) is 6.05. The van der Waals surface area contributed by atoms with Gasteiger partial charge in [0, 0.05) is 5.39 Å². The number of fused-ring (bicyclic) bond motifs is 2. The molecule has 0 aliphatic carbocycles. The number of benzene rings is 2. The van der Waals surface area contributed by atoms with Gasteiger partial charge in [0.15, 0.2) is 5.16 Å². The van der Waals surface area contributed by atoms with Crippen molar-refractivity contribution in [1.82, 2.24) is 19.5 Å². The number of aromatic nitrogens is 4. The van der Waals surface area contributed by atoms with E-state index in [-0.39, 0.29) is 11.2 Å². The molecule has 0 spiro atoms. The van der Waals surface area contributed by atoms with Gasteiger partial charge in [0.1, 0.15) is 22.0 Å². The first-order valence-electron chi connectivity index (χ1n) is 8.35. The van der Waals surface area contributed by atoms with Crippen molar-refractivity contribution in [1.29, 1.82) is 0 Å². The summed E-state index contributed by atoms with van der Waals surface area (Å²) < 4.78 is 15.9. The smallest absolute Gasteiger partial charge is 0.266 e. The van der Waals surface area contributed by atoms with Gasteiger partial charge in [-0.3, -0.25) is 9.36 Å². The molecule has 5 aromatic rings. The number of halogens is 1. The minimum absolute atomic E-state index is 0.156. The molecule has 0 amide bonds. The van der Waals surface area contributed by atoms with Crippen LogP contribution in [0.15, 0.2) is 81.3 Å². The number of hydrogen-bond acceptors (Lipinski definition) is 6. The average Bonchev–Trinajstić information content (AvgIpc) is 3.19. The van der Waals surface area contributed by atoms with Gasteiger partial charge in [-0.15, -0.1) is 11.3 Å². The second-order valence-corrected chi connectivity index (χ2v) is 7.77. The zero-order valence-corrected chi connectivity index (χ0v) is 15.9. The SMILES string of the molecule is O=c1c2ccccc2nc(Sc2ncnc3sccc23)n1-c1ccccc1F. The second kappa shape index (κ2) is 6.81. The number of rotatable bonds is 3. The van der Waals surface area contributed by atoms with Crippen molar-refractivity contribution in [3.05, 3.63) is 82.5 Å². The Kier molecular flexibility index (Phi) is 4.14. The Bertz CT molecular complexity index is 1400. The van der Waals surface area contributed by atoms with Crippen molar-refractivity contribution in [2.24, 2.45) is 0 Å². The van der Waals surface area contributed by atoms with Gasteiger partial charge < -0.3 is 0 Å². The zero-order chi connectivity index (χ0) is 19.1. The molecular weight excluding hydrogens is 395 g/mol. The highest BCUT2D eigenvalue weighted by molar-refractivity contribution is 7.99. The molecule has 5 nitrogen and oxygen atoms in total. The molecule has 2 aromatic carbocycles. The number of nitrogens with zero attached hydrogens (tertiary/aromatic N) is 4. The first-order chi connectivity index (χ1) is 13.7. The molecule has 3 heterocycles. The number of para-hydroxylation sites is 2. The first kappa shape index (κ1) is 17.0. The van der Waals surface area contributed by atoms with Crippen LogP contribution in [0.5, 0.6) is 0 Å². The summed E-state index contributed by atoms with van der Waals surface area (Å²) in [6.45, 7) is 0. The highest BCUT2D eigenvalue weighted by Crippen LogP contribution is 2.33. The summed E-state index contributed by atoms with van der Waals surface area (Å²) >= 11 is 2.73. The number of thiophene rings is 1. The van der Waals surface area contributed by atoms with E-state index in [1.54, 1.807) is 36.4 Å². The Labute approximate surface area is 166 Å². The quantitative estimate of drug-likeness (QED) is 0.322. The summed E-state index contributed by atoms with van der Waals surface area (Å²) in [6.07, 6.45) is 1.48. The molecule has 3 aromatic heterocycles. The lowest BCUT2D eigenvalue weighted by Gasteiger charge is -2.13. The van der Waals surface area contributed by atoms with Crippen LogP contribution in [0.2, 0.25) is 0 Å². The van der Waals surface area contributed by atoms with Crippen LogP contribution in [0.1, 0.15) is 0 Å². The molecule has 0 unspecified atom stereocenters. The summed E-state index contributed by atoms with van der Waals surface area (Å²) in [6, 6.07) is 15.1. The van der Waals surface area contributed by atoms with Gasteiger partial charge in [-0.05, 0) is 47.5 Å². The lowest BCUT2D eigenvalue weighted by atomic mass is 10.2. The molecule has 0 saturated carbocycles. The van der Waals surface area contributed by atoms with E-state index in [1.807, 2.05) is 17.5 Å². The standard InChI is InChI=1S/C20H11FN4OS2/c21-14-6-2-4-8-16(14)25-19(26)12-5-1-3-7-15(12)24-20(25)28-18-13-9-10-27-17(13)22-11-23-18/h1-11H. The van der Waals surface area contributed by atoms with Crippen molar-refractivity contribution in [3.8, 4) is 5.69 Å². The first-order valence-corrected chi connectivity index (χ1v) is 10.0. The Hall–Kier alpha value is -3.10. The fraction of sp³-hybridized carbons (Fsp3) is 0. The third-order valence-electron chi connectivity index (χ3n) is 4.25. The molecular formula is C20H11FN4OS2. The van der Waals surface area contributed by atoms with Gasteiger partial charge in [0.2, 0.25) is 0 Å². The molecule has 0 bridgehead atoms. The number of hydrogen-bond donors (Lipinski definition) is 0. The molecule has 0 saturated heterocycles. The van der Waals surface area contributed by atoms with E-state index in [9.17, 15) is 9.18 Å². The van der Waals surface area contributed by atoms with Crippen LogP contribution < -0.4 is 5.56 Å². The molecule has 0 N–H and O–H groups in total. The van der Waals surface area contributed by atoms with Gasteiger partial charge in [-0.25, -0.2) is 19.3 Å². The van der Waals surface area contributed by atoms with E-state index in [0.29, 0.717) is 21.1 Å². The maximum atomic E-state index is 14.6. The van der Waals surface area contributed by atoms with Crippen LogP contribution in [-0.2, 0) is 0 Å². The normalized spacial score (nSPS) is 11.3. The maximum Gasteiger partial charge on any atom is 0.266 e. The monoisotopic (exact) mass is 406 g/mol. The van der Waals surface area contributed by atoms with Crippen LogP contribution in [0.3, 0.4) is 0 Å². The maximum absolute atomic E-state index is 14.6. The highest BCUT2D eigenvalue weighted by Gasteiger charge is 2.18. The van der Waals surface area contributed by atoms with Crippen molar-refractivity contribution >= 4 is 44.2 Å². The molecule has 0 atom stereocenters. The van der Waals surface area contributed by atoms with E-state index >= 15 is 0 Å². The third kappa shape index (κ3) is 2.78. The average molecular weight is 406 g/mol. The Morgan fingerprint density at radius 3 is 2.68 bits per heavy atom. The largest absolute Gasteiger partial charge is 0.268 e. The van der Waals surface area contributed by atoms with Crippen LogP contribution in [0.4, 0.5) is 4.39 Å².